The molecule has 2 N–H and O–H groups in total. The molecule has 1 aromatic rings. The molecular weight excluding hydrogens is 306 g/mol. The Kier molecular flexibility index (Phi) is 7.40. The van der Waals surface area contributed by atoms with E-state index < -0.39 is 0 Å². The molecule has 2 rings (SSSR count). The topological polar surface area (TPSA) is 49.6 Å². The van der Waals surface area contributed by atoms with E-state index in [0.717, 1.165) is 44.8 Å². The van der Waals surface area contributed by atoms with Gasteiger partial charge in [-0.3, -0.25) is 9.69 Å². The summed E-state index contributed by atoms with van der Waals surface area (Å²) in [5.74, 6) is 1.06. The van der Waals surface area contributed by atoms with E-state index in [1.807, 2.05) is 17.2 Å². The summed E-state index contributed by atoms with van der Waals surface area (Å²) in [5, 5.41) is 0. The summed E-state index contributed by atoms with van der Waals surface area (Å²) in [5.41, 5.74) is 7.39. The summed E-state index contributed by atoms with van der Waals surface area (Å²) in [7, 11) is 0. The van der Waals surface area contributed by atoms with Gasteiger partial charge in [-0.1, -0.05) is 30.3 Å². The van der Waals surface area contributed by atoms with Gasteiger partial charge in [0.1, 0.15) is 0 Å². The van der Waals surface area contributed by atoms with Crippen molar-refractivity contribution in [2.75, 3.05) is 31.6 Å². The van der Waals surface area contributed by atoms with E-state index >= 15 is 0 Å². The van der Waals surface area contributed by atoms with E-state index in [1.54, 1.807) is 11.8 Å². The van der Waals surface area contributed by atoms with Crippen LogP contribution in [0.15, 0.2) is 30.3 Å². The van der Waals surface area contributed by atoms with Crippen LogP contribution >= 0.6 is 11.8 Å². The number of amides is 1. The van der Waals surface area contributed by atoms with Gasteiger partial charge in [0.15, 0.2) is 0 Å². The zero-order chi connectivity index (χ0) is 16.7. The monoisotopic (exact) mass is 335 g/mol. The van der Waals surface area contributed by atoms with Crippen LogP contribution in [0.3, 0.4) is 0 Å². The number of carbonyl (C=O) groups is 1. The fourth-order valence-electron chi connectivity index (χ4n) is 2.98. The maximum absolute atomic E-state index is 12.5. The number of benzene rings is 1. The quantitative estimate of drug-likeness (QED) is 0.866. The molecule has 0 bridgehead atoms. The number of nitrogens with zero attached hydrogens (tertiary/aromatic N) is 2. The van der Waals surface area contributed by atoms with E-state index in [-0.39, 0.29) is 11.9 Å². The first-order valence-corrected chi connectivity index (χ1v) is 9.82. The third-order valence-electron chi connectivity index (χ3n) is 4.59. The van der Waals surface area contributed by atoms with Crippen molar-refractivity contribution in [2.45, 2.75) is 38.4 Å². The molecule has 0 aromatic heterocycles. The summed E-state index contributed by atoms with van der Waals surface area (Å²) in [4.78, 5) is 16.9. The molecule has 23 heavy (non-hydrogen) atoms. The van der Waals surface area contributed by atoms with E-state index in [1.165, 1.54) is 5.56 Å². The van der Waals surface area contributed by atoms with Gasteiger partial charge < -0.3 is 10.6 Å². The fourth-order valence-corrected chi connectivity index (χ4v) is 3.47. The van der Waals surface area contributed by atoms with Crippen molar-refractivity contribution in [3.63, 3.8) is 0 Å². The van der Waals surface area contributed by atoms with Crippen LogP contribution < -0.4 is 5.73 Å². The van der Waals surface area contributed by atoms with Crippen molar-refractivity contribution in [1.82, 2.24) is 9.80 Å². The molecule has 1 saturated heterocycles. The maximum Gasteiger partial charge on any atom is 0.239 e. The Morgan fingerprint density at radius 3 is 2.74 bits per heavy atom. The van der Waals surface area contributed by atoms with Crippen molar-refractivity contribution in [3.05, 3.63) is 35.9 Å². The first-order valence-electron chi connectivity index (χ1n) is 8.43. The first kappa shape index (κ1) is 18.3. The predicted octanol–water partition coefficient (Wildman–Crippen LogP) is 2.19. The van der Waals surface area contributed by atoms with Crippen molar-refractivity contribution in [2.24, 2.45) is 5.73 Å². The molecule has 0 saturated carbocycles. The average molecular weight is 336 g/mol. The smallest absolute Gasteiger partial charge is 0.239 e. The largest absolute Gasteiger partial charge is 0.340 e. The van der Waals surface area contributed by atoms with Crippen LogP contribution in [0.5, 0.6) is 0 Å². The molecule has 1 fully saturated rings. The molecule has 5 heteroatoms. The van der Waals surface area contributed by atoms with Crippen LogP contribution in [0.1, 0.15) is 25.3 Å². The van der Waals surface area contributed by atoms with Gasteiger partial charge in [-0.2, -0.15) is 11.8 Å². The molecule has 1 aliphatic rings. The Hall–Kier alpha value is -1.04. The highest BCUT2D eigenvalue weighted by molar-refractivity contribution is 7.98. The Balaban J connectivity index is 1.91. The van der Waals surface area contributed by atoms with Crippen LogP contribution in [-0.2, 0) is 11.3 Å². The third kappa shape index (κ3) is 5.52. The average Bonchev–Trinajstić information content (AvgIpc) is 2.75. The Morgan fingerprint density at radius 1 is 1.30 bits per heavy atom. The Bertz CT molecular complexity index is 482. The number of rotatable bonds is 6. The molecule has 0 radical (unpaired) electrons. The second-order valence-electron chi connectivity index (χ2n) is 6.31. The van der Waals surface area contributed by atoms with Gasteiger partial charge in [0.05, 0.1) is 6.04 Å². The minimum atomic E-state index is -0.349. The number of thioether (sulfide) groups is 1. The molecule has 0 spiro atoms. The lowest BCUT2D eigenvalue weighted by molar-refractivity contribution is -0.132. The summed E-state index contributed by atoms with van der Waals surface area (Å²) in [6, 6.07) is 10.7. The van der Waals surface area contributed by atoms with Gasteiger partial charge in [0.2, 0.25) is 5.91 Å². The van der Waals surface area contributed by atoms with Gasteiger partial charge in [0, 0.05) is 32.2 Å². The zero-order valence-corrected chi connectivity index (χ0v) is 15.1. The lowest BCUT2D eigenvalue weighted by Crippen LogP contribution is -2.45. The van der Waals surface area contributed by atoms with E-state index in [2.05, 4.69) is 36.1 Å². The lowest BCUT2D eigenvalue weighted by Gasteiger charge is -2.26. The molecule has 4 nitrogen and oxygen atoms in total. The summed E-state index contributed by atoms with van der Waals surface area (Å²) < 4.78 is 0. The Labute approximate surface area is 144 Å². The molecular formula is C18H29N3OS. The molecule has 1 unspecified atom stereocenters. The fraction of sp³-hybridized carbons (Fsp3) is 0.611. The highest BCUT2D eigenvalue weighted by Gasteiger charge is 2.26. The van der Waals surface area contributed by atoms with Gasteiger partial charge in [0.25, 0.3) is 0 Å². The van der Waals surface area contributed by atoms with Crippen molar-refractivity contribution in [3.8, 4) is 0 Å². The predicted molar refractivity (Wildman–Crippen MR) is 98.5 cm³/mol. The van der Waals surface area contributed by atoms with Crippen LogP contribution in [0.4, 0.5) is 0 Å². The van der Waals surface area contributed by atoms with E-state index in [9.17, 15) is 4.79 Å². The summed E-state index contributed by atoms with van der Waals surface area (Å²) in [6.45, 7) is 5.71. The highest BCUT2D eigenvalue weighted by atomic mass is 32.2. The minimum Gasteiger partial charge on any atom is -0.340 e. The summed E-state index contributed by atoms with van der Waals surface area (Å²) in [6.07, 6.45) is 3.82. The van der Waals surface area contributed by atoms with Gasteiger partial charge in [-0.15, -0.1) is 0 Å². The molecule has 1 amide bonds. The van der Waals surface area contributed by atoms with Crippen molar-refractivity contribution >= 4 is 17.7 Å². The van der Waals surface area contributed by atoms with E-state index in [4.69, 9.17) is 5.73 Å². The van der Waals surface area contributed by atoms with Crippen LogP contribution in [-0.4, -0.2) is 59.4 Å². The van der Waals surface area contributed by atoms with Crippen molar-refractivity contribution < 1.29 is 4.79 Å². The molecule has 1 aliphatic heterocycles. The minimum absolute atomic E-state index is 0.118. The van der Waals surface area contributed by atoms with Gasteiger partial charge in [-0.25, -0.2) is 0 Å². The zero-order valence-electron chi connectivity index (χ0n) is 14.3. The number of carbonyl (C=O) groups excluding carboxylic acids is 1. The van der Waals surface area contributed by atoms with Gasteiger partial charge in [-0.05, 0) is 37.3 Å². The molecule has 0 aliphatic carbocycles. The first-order chi connectivity index (χ1) is 11.1. The van der Waals surface area contributed by atoms with Crippen LogP contribution in [0, 0.1) is 0 Å². The van der Waals surface area contributed by atoms with Crippen molar-refractivity contribution in [1.29, 1.82) is 0 Å². The summed E-state index contributed by atoms with van der Waals surface area (Å²) >= 11 is 1.74. The molecule has 1 aromatic carbocycles. The molecule has 2 atom stereocenters. The van der Waals surface area contributed by atoms with Crippen LogP contribution in [0.25, 0.3) is 0 Å². The number of hydrogen-bond donors (Lipinski definition) is 1. The Morgan fingerprint density at radius 2 is 2.04 bits per heavy atom. The second-order valence-corrected chi connectivity index (χ2v) is 7.29. The van der Waals surface area contributed by atoms with E-state index in [0.29, 0.717) is 6.04 Å². The SMILES string of the molecule is CSCC[C@H](N)C(=O)N1CCC(C)N(Cc2ccccc2)CC1. The molecule has 1 heterocycles. The third-order valence-corrected chi connectivity index (χ3v) is 5.23. The maximum atomic E-state index is 12.5. The standard InChI is InChI=1S/C18H29N3OS/c1-15-8-10-20(18(22)17(19)9-13-23-2)11-12-21(15)14-16-6-4-3-5-7-16/h3-7,15,17H,8-14,19H2,1-2H3/t15?,17-/m0/s1. The number of nitrogens with two attached hydrogens (primary N) is 1. The normalized spacial score (nSPS) is 21.0. The van der Waals surface area contributed by atoms with Crippen LogP contribution in [0.2, 0.25) is 0 Å². The molecule has 128 valence electrons. The van der Waals surface area contributed by atoms with Gasteiger partial charge >= 0.3 is 0 Å². The second kappa shape index (κ2) is 9.30. The lowest BCUT2D eigenvalue weighted by atomic mass is 10.1. The highest BCUT2D eigenvalue weighted by Crippen LogP contribution is 2.15. The number of hydrogen-bond acceptors (Lipinski definition) is 4.